The molecular formula is C50H35N3. The second kappa shape index (κ2) is 11.0. The number of aromatic nitrogens is 3. The molecule has 0 amide bonds. The van der Waals surface area contributed by atoms with Crippen molar-refractivity contribution in [1.82, 2.24) is 14.5 Å². The van der Waals surface area contributed by atoms with Gasteiger partial charge in [-0.3, -0.25) is 0 Å². The second-order valence-electron chi connectivity index (χ2n) is 14.9. The van der Waals surface area contributed by atoms with Crippen LogP contribution in [-0.2, 0) is 10.8 Å². The summed E-state index contributed by atoms with van der Waals surface area (Å²) >= 11 is 0. The summed E-state index contributed by atoms with van der Waals surface area (Å²) in [7, 11) is 0. The van der Waals surface area contributed by atoms with Crippen LogP contribution in [0.15, 0.2) is 176 Å². The Morgan fingerprint density at radius 2 is 1.00 bits per heavy atom. The number of benzene rings is 7. The first kappa shape index (κ1) is 30.1. The molecule has 1 aliphatic carbocycles. The van der Waals surface area contributed by atoms with Gasteiger partial charge in [0.05, 0.1) is 33.5 Å². The van der Waals surface area contributed by atoms with E-state index in [9.17, 15) is 0 Å². The van der Waals surface area contributed by atoms with Crippen LogP contribution in [0.1, 0.15) is 47.2 Å². The van der Waals surface area contributed by atoms with E-state index >= 15 is 0 Å². The van der Waals surface area contributed by atoms with Crippen molar-refractivity contribution >= 4 is 21.8 Å². The van der Waals surface area contributed by atoms with Gasteiger partial charge >= 0.3 is 0 Å². The third kappa shape index (κ3) is 3.99. The molecule has 0 radical (unpaired) electrons. The van der Waals surface area contributed by atoms with Gasteiger partial charge in [0.15, 0.2) is 5.82 Å². The molecule has 1 spiro atoms. The van der Waals surface area contributed by atoms with E-state index < -0.39 is 5.41 Å². The molecule has 0 fully saturated rings. The zero-order valence-corrected chi connectivity index (χ0v) is 29.6. The minimum Gasteiger partial charge on any atom is -0.309 e. The molecule has 0 bridgehead atoms. The summed E-state index contributed by atoms with van der Waals surface area (Å²) < 4.78 is 2.51. The van der Waals surface area contributed by atoms with Crippen molar-refractivity contribution < 1.29 is 0 Å². The maximum Gasteiger partial charge on any atom is 0.160 e. The molecule has 3 heteroatoms. The highest BCUT2D eigenvalue weighted by molar-refractivity contribution is 6.12. The fraction of sp³-hybridized carbons (Fsp3) is 0.0800. The number of rotatable bonds is 3. The second-order valence-corrected chi connectivity index (χ2v) is 14.9. The Morgan fingerprint density at radius 3 is 1.74 bits per heavy atom. The van der Waals surface area contributed by atoms with E-state index in [1.807, 2.05) is 0 Å². The number of nitrogens with zero attached hydrogens (tertiary/aromatic N) is 3. The summed E-state index contributed by atoms with van der Waals surface area (Å²) in [4.78, 5) is 10.8. The van der Waals surface area contributed by atoms with Crippen molar-refractivity contribution in [2.45, 2.75) is 24.7 Å². The van der Waals surface area contributed by atoms with Crippen LogP contribution in [-0.4, -0.2) is 14.5 Å². The Hall–Kier alpha value is -6.58. The van der Waals surface area contributed by atoms with Gasteiger partial charge in [-0.15, -0.1) is 0 Å². The smallest absolute Gasteiger partial charge is 0.160 e. The van der Waals surface area contributed by atoms with Crippen molar-refractivity contribution in [3.05, 3.63) is 209 Å². The topological polar surface area (TPSA) is 30.7 Å². The van der Waals surface area contributed by atoms with Crippen molar-refractivity contribution in [1.29, 1.82) is 0 Å². The summed E-state index contributed by atoms with van der Waals surface area (Å²) in [5.74, 6) is 0.737. The molecule has 3 nitrogen and oxygen atoms in total. The number of fused-ring (bicyclic) bond motifs is 11. The molecular weight excluding hydrogens is 643 g/mol. The summed E-state index contributed by atoms with van der Waals surface area (Å²) in [6.07, 6.45) is 0. The molecule has 0 saturated heterocycles. The Labute approximate surface area is 308 Å². The molecule has 9 aromatic rings. The van der Waals surface area contributed by atoms with Crippen LogP contribution in [0, 0.1) is 0 Å². The van der Waals surface area contributed by atoms with Gasteiger partial charge in [-0.25, -0.2) is 9.97 Å². The lowest BCUT2D eigenvalue weighted by molar-refractivity contribution is 0.557. The van der Waals surface area contributed by atoms with Crippen molar-refractivity contribution in [3.8, 4) is 39.6 Å². The monoisotopic (exact) mass is 677 g/mol. The fourth-order valence-corrected chi connectivity index (χ4v) is 9.72. The third-order valence-electron chi connectivity index (χ3n) is 11.9. The highest BCUT2D eigenvalue weighted by Gasteiger charge is 2.53. The van der Waals surface area contributed by atoms with Gasteiger partial charge in [0.1, 0.15) is 0 Å². The highest BCUT2D eigenvalue weighted by atomic mass is 15.0. The molecule has 1 unspecified atom stereocenters. The van der Waals surface area contributed by atoms with Gasteiger partial charge < -0.3 is 4.57 Å². The molecule has 0 N–H and O–H groups in total. The zero-order chi connectivity index (χ0) is 35.3. The molecule has 53 heavy (non-hydrogen) atoms. The van der Waals surface area contributed by atoms with Gasteiger partial charge in [0, 0.05) is 32.9 Å². The molecule has 250 valence electrons. The molecule has 11 rings (SSSR count). The maximum atomic E-state index is 5.40. The number of hydrogen-bond donors (Lipinski definition) is 0. The Balaban J connectivity index is 1.29. The minimum atomic E-state index is -0.586. The van der Waals surface area contributed by atoms with Crippen LogP contribution >= 0.6 is 0 Å². The maximum absolute atomic E-state index is 5.40. The van der Waals surface area contributed by atoms with Crippen molar-refractivity contribution in [2.24, 2.45) is 0 Å². The molecule has 1 atom stereocenters. The van der Waals surface area contributed by atoms with Gasteiger partial charge in [0.25, 0.3) is 0 Å². The van der Waals surface area contributed by atoms with Crippen molar-refractivity contribution in [2.75, 3.05) is 0 Å². The SMILES string of the molecule is CC1(C)c2ccccc2C2(c3ccccc3-n3c4ccccc4c4cccc2c43)c2cccc(-c3nc(-c4ccccc4)cc(-c4ccccc4)n3)c21. The van der Waals surface area contributed by atoms with Crippen molar-refractivity contribution in [3.63, 3.8) is 0 Å². The van der Waals surface area contributed by atoms with Gasteiger partial charge in [-0.2, -0.15) is 0 Å². The standard InChI is InChI=1S/C50H35N3/c1-49(2)37-24-10-11-25-38(37)50(39-26-12-14-30-45(39)53-44-29-13-9-21-34(44)35-22-15-28-41(50)47(35)53)40-27-16-23-36(46(40)49)48-51-42(32-17-5-3-6-18-32)31-43(52-48)33-19-7-4-8-20-33/h3-31H,1-2H3. The Morgan fingerprint density at radius 1 is 0.453 bits per heavy atom. The first-order valence-corrected chi connectivity index (χ1v) is 18.4. The van der Waals surface area contributed by atoms with E-state index in [2.05, 4.69) is 194 Å². The summed E-state index contributed by atoms with van der Waals surface area (Å²) in [6, 6.07) is 63.9. The normalized spacial score (nSPS) is 16.3. The van der Waals surface area contributed by atoms with E-state index in [1.165, 1.54) is 60.9 Å². The van der Waals surface area contributed by atoms with Gasteiger partial charge in [-0.1, -0.05) is 172 Å². The fourth-order valence-electron chi connectivity index (χ4n) is 9.72. The molecule has 0 saturated carbocycles. The van der Waals surface area contributed by atoms with Gasteiger partial charge in [-0.05, 0) is 51.6 Å². The van der Waals surface area contributed by atoms with E-state index in [0.717, 1.165) is 33.9 Å². The minimum absolute atomic E-state index is 0.361. The molecule has 7 aromatic carbocycles. The Bertz CT molecular complexity index is 2860. The van der Waals surface area contributed by atoms with E-state index in [1.54, 1.807) is 0 Å². The lowest BCUT2D eigenvalue weighted by Gasteiger charge is -2.50. The lowest BCUT2D eigenvalue weighted by Crippen LogP contribution is -2.44. The van der Waals surface area contributed by atoms with Crippen LogP contribution in [0.5, 0.6) is 0 Å². The lowest BCUT2D eigenvalue weighted by atomic mass is 9.52. The molecule has 2 aromatic heterocycles. The average Bonchev–Trinajstić information content (AvgIpc) is 3.56. The number of hydrogen-bond acceptors (Lipinski definition) is 2. The van der Waals surface area contributed by atoms with E-state index in [0.29, 0.717) is 0 Å². The first-order chi connectivity index (χ1) is 26.1. The molecule has 3 heterocycles. The van der Waals surface area contributed by atoms with E-state index in [4.69, 9.17) is 9.97 Å². The van der Waals surface area contributed by atoms with Crippen LogP contribution in [0.2, 0.25) is 0 Å². The summed E-state index contributed by atoms with van der Waals surface area (Å²) in [5, 5.41) is 2.55. The zero-order valence-electron chi connectivity index (χ0n) is 29.6. The third-order valence-corrected chi connectivity index (χ3v) is 11.9. The quantitative estimate of drug-likeness (QED) is 0.186. The van der Waals surface area contributed by atoms with Gasteiger partial charge in [0.2, 0.25) is 0 Å². The summed E-state index contributed by atoms with van der Waals surface area (Å²) in [6.45, 7) is 4.76. The Kier molecular flexibility index (Phi) is 6.22. The van der Waals surface area contributed by atoms with Crippen LogP contribution in [0.3, 0.4) is 0 Å². The predicted octanol–water partition coefficient (Wildman–Crippen LogP) is 11.9. The number of para-hydroxylation sites is 3. The highest BCUT2D eigenvalue weighted by Crippen LogP contribution is 2.61. The predicted molar refractivity (Wildman–Crippen MR) is 217 cm³/mol. The first-order valence-electron chi connectivity index (χ1n) is 18.4. The average molecular weight is 678 g/mol. The van der Waals surface area contributed by atoms with Crippen LogP contribution < -0.4 is 0 Å². The van der Waals surface area contributed by atoms with E-state index in [-0.39, 0.29) is 5.41 Å². The molecule has 1 aliphatic heterocycles. The summed E-state index contributed by atoms with van der Waals surface area (Å²) in [5.41, 5.74) is 15.6. The molecule has 2 aliphatic rings. The van der Waals surface area contributed by atoms with Crippen LogP contribution in [0.25, 0.3) is 61.4 Å². The largest absolute Gasteiger partial charge is 0.309 e. The van der Waals surface area contributed by atoms with Crippen LogP contribution in [0.4, 0.5) is 0 Å².